The summed E-state index contributed by atoms with van der Waals surface area (Å²) in [6.07, 6.45) is 3.76. The number of piperazine rings is 1. The first-order valence-electron chi connectivity index (χ1n) is 8.98. The number of fused-ring (bicyclic) bond motifs is 1. The Morgan fingerprint density at radius 1 is 1.00 bits per heavy atom. The molecule has 0 saturated carbocycles. The molecule has 1 aliphatic rings. The first kappa shape index (κ1) is 16.3. The molecule has 4 aromatic rings. The molecule has 5 heterocycles. The fourth-order valence-electron chi connectivity index (χ4n) is 3.40. The number of aromatic nitrogens is 5. The van der Waals surface area contributed by atoms with E-state index >= 15 is 0 Å². The van der Waals surface area contributed by atoms with Crippen molar-refractivity contribution in [3.8, 4) is 11.4 Å². The Morgan fingerprint density at radius 3 is 2.70 bits per heavy atom. The highest BCUT2D eigenvalue weighted by Gasteiger charge is 2.19. The molecular formula is C19H19N7S. The lowest BCUT2D eigenvalue weighted by molar-refractivity contribution is 0.249. The molecule has 5 rings (SSSR count). The second-order valence-corrected chi connectivity index (χ2v) is 7.40. The van der Waals surface area contributed by atoms with Gasteiger partial charge in [0, 0.05) is 56.1 Å². The van der Waals surface area contributed by atoms with Crippen LogP contribution in [-0.2, 0) is 6.54 Å². The van der Waals surface area contributed by atoms with Gasteiger partial charge < -0.3 is 4.90 Å². The molecule has 27 heavy (non-hydrogen) atoms. The minimum atomic E-state index is 0.773. The van der Waals surface area contributed by atoms with Crippen molar-refractivity contribution < 1.29 is 0 Å². The lowest BCUT2D eigenvalue weighted by atomic mass is 10.2. The summed E-state index contributed by atoms with van der Waals surface area (Å²) < 4.78 is 1.85. The van der Waals surface area contributed by atoms with Crippen molar-refractivity contribution in [3.63, 3.8) is 0 Å². The van der Waals surface area contributed by atoms with Gasteiger partial charge in [0.15, 0.2) is 11.5 Å². The lowest BCUT2D eigenvalue weighted by Crippen LogP contribution is -2.46. The van der Waals surface area contributed by atoms with Gasteiger partial charge in [-0.1, -0.05) is 6.07 Å². The van der Waals surface area contributed by atoms with Crippen molar-refractivity contribution in [1.82, 2.24) is 29.7 Å². The molecule has 1 aliphatic heterocycles. The van der Waals surface area contributed by atoms with Crippen molar-refractivity contribution in [2.24, 2.45) is 0 Å². The molecule has 0 aliphatic carbocycles. The third-order valence-corrected chi connectivity index (χ3v) is 5.54. The van der Waals surface area contributed by atoms with E-state index in [0.29, 0.717) is 0 Å². The van der Waals surface area contributed by atoms with Crippen LogP contribution in [0.15, 0.2) is 53.5 Å². The third-order valence-electron chi connectivity index (χ3n) is 4.85. The minimum absolute atomic E-state index is 0.773. The maximum atomic E-state index is 4.82. The Morgan fingerprint density at radius 2 is 1.93 bits per heavy atom. The van der Waals surface area contributed by atoms with Gasteiger partial charge in [0.2, 0.25) is 0 Å². The highest BCUT2D eigenvalue weighted by Crippen LogP contribution is 2.22. The Labute approximate surface area is 160 Å². The summed E-state index contributed by atoms with van der Waals surface area (Å²) in [4.78, 5) is 8.99. The summed E-state index contributed by atoms with van der Waals surface area (Å²) in [7, 11) is 0. The zero-order valence-electron chi connectivity index (χ0n) is 14.8. The topological polar surface area (TPSA) is 62.5 Å². The average Bonchev–Trinajstić information content (AvgIpc) is 3.38. The summed E-state index contributed by atoms with van der Waals surface area (Å²) in [5, 5.41) is 17.5. The lowest BCUT2D eigenvalue weighted by Gasteiger charge is -2.35. The number of thiophene rings is 1. The van der Waals surface area contributed by atoms with Gasteiger partial charge in [-0.15, -0.1) is 15.3 Å². The minimum Gasteiger partial charge on any atom is -0.353 e. The fourth-order valence-corrected chi connectivity index (χ4v) is 4.04. The quantitative estimate of drug-likeness (QED) is 0.545. The number of hydrogen-bond acceptors (Lipinski definition) is 7. The van der Waals surface area contributed by atoms with Crippen LogP contribution in [0.4, 0.5) is 5.82 Å². The molecule has 0 spiro atoms. The van der Waals surface area contributed by atoms with E-state index in [1.165, 1.54) is 5.56 Å². The predicted octanol–water partition coefficient (Wildman–Crippen LogP) is 2.57. The van der Waals surface area contributed by atoms with Crippen LogP contribution in [0, 0.1) is 0 Å². The van der Waals surface area contributed by atoms with Crippen LogP contribution in [0.3, 0.4) is 0 Å². The van der Waals surface area contributed by atoms with Crippen molar-refractivity contribution in [2.75, 3.05) is 31.1 Å². The molecule has 0 unspecified atom stereocenters. The summed E-state index contributed by atoms with van der Waals surface area (Å²) in [6.45, 7) is 4.87. The second kappa shape index (κ2) is 7.05. The van der Waals surface area contributed by atoms with Crippen molar-refractivity contribution in [2.45, 2.75) is 6.54 Å². The van der Waals surface area contributed by atoms with Crippen LogP contribution in [0.1, 0.15) is 5.56 Å². The number of rotatable bonds is 4. The number of hydrogen-bond donors (Lipinski definition) is 0. The predicted molar refractivity (Wildman–Crippen MR) is 106 cm³/mol. The zero-order valence-corrected chi connectivity index (χ0v) is 15.6. The van der Waals surface area contributed by atoms with Gasteiger partial charge in [0.25, 0.3) is 0 Å². The first-order valence-corrected chi connectivity index (χ1v) is 9.92. The average molecular weight is 377 g/mol. The van der Waals surface area contributed by atoms with E-state index in [-0.39, 0.29) is 0 Å². The fraction of sp³-hybridized carbons (Fsp3) is 0.263. The molecule has 0 atom stereocenters. The molecular weight excluding hydrogens is 358 g/mol. The van der Waals surface area contributed by atoms with Crippen LogP contribution in [0.25, 0.3) is 17.0 Å². The summed E-state index contributed by atoms with van der Waals surface area (Å²) in [5.41, 5.74) is 3.09. The van der Waals surface area contributed by atoms with Gasteiger partial charge >= 0.3 is 0 Å². The third kappa shape index (κ3) is 3.29. The van der Waals surface area contributed by atoms with Gasteiger partial charge in [0.1, 0.15) is 5.82 Å². The van der Waals surface area contributed by atoms with E-state index in [4.69, 9.17) is 5.10 Å². The van der Waals surface area contributed by atoms with E-state index in [1.807, 2.05) is 46.6 Å². The molecule has 0 bridgehead atoms. The molecule has 0 amide bonds. The standard InChI is InChI=1S/C19H19N7S/c1-2-15(12-20-6-1)13-24-7-9-25(10-8-24)18-4-3-17-21-22-19(26(17)23-18)16-5-11-27-14-16/h1-6,11-12,14H,7-10,13H2. The summed E-state index contributed by atoms with van der Waals surface area (Å²) >= 11 is 1.65. The molecule has 0 aromatic carbocycles. The highest BCUT2D eigenvalue weighted by atomic mass is 32.1. The van der Waals surface area contributed by atoms with Gasteiger partial charge in [-0.3, -0.25) is 9.88 Å². The number of pyridine rings is 1. The zero-order chi connectivity index (χ0) is 18.1. The van der Waals surface area contributed by atoms with Crippen LogP contribution in [0.2, 0.25) is 0 Å². The van der Waals surface area contributed by atoms with Gasteiger partial charge in [-0.05, 0) is 35.2 Å². The van der Waals surface area contributed by atoms with Crippen LogP contribution >= 0.6 is 11.3 Å². The SMILES string of the molecule is c1cncc(CN2CCN(c3ccc4nnc(-c5ccsc5)n4n3)CC2)c1. The van der Waals surface area contributed by atoms with Gasteiger partial charge in [-0.25, -0.2) is 0 Å². The number of anilines is 1. The van der Waals surface area contributed by atoms with E-state index in [0.717, 1.165) is 55.6 Å². The molecule has 1 saturated heterocycles. The monoisotopic (exact) mass is 377 g/mol. The Hall–Kier alpha value is -2.84. The number of nitrogens with zero attached hydrogens (tertiary/aromatic N) is 7. The van der Waals surface area contributed by atoms with Crippen LogP contribution in [0.5, 0.6) is 0 Å². The van der Waals surface area contributed by atoms with Crippen LogP contribution in [-0.4, -0.2) is 55.9 Å². The first-order chi connectivity index (χ1) is 13.4. The maximum Gasteiger partial charge on any atom is 0.186 e. The van der Waals surface area contributed by atoms with Gasteiger partial charge in [0.05, 0.1) is 0 Å². The Bertz CT molecular complexity index is 1020. The van der Waals surface area contributed by atoms with Crippen molar-refractivity contribution >= 4 is 22.8 Å². The second-order valence-electron chi connectivity index (χ2n) is 6.62. The summed E-state index contributed by atoms with van der Waals surface area (Å²) in [6, 6.07) is 10.2. The molecule has 0 radical (unpaired) electrons. The molecule has 136 valence electrons. The van der Waals surface area contributed by atoms with Crippen molar-refractivity contribution in [3.05, 3.63) is 59.0 Å². The Balaban J connectivity index is 1.32. The highest BCUT2D eigenvalue weighted by molar-refractivity contribution is 7.08. The summed E-state index contributed by atoms with van der Waals surface area (Å²) in [5.74, 6) is 1.77. The van der Waals surface area contributed by atoms with Crippen LogP contribution < -0.4 is 4.90 Å². The Kier molecular flexibility index (Phi) is 4.27. The molecule has 0 N–H and O–H groups in total. The molecule has 4 aromatic heterocycles. The largest absolute Gasteiger partial charge is 0.353 e. The molecule has 7 nitrogen and oxygen atoms in total. The van der Waals surface area contributed by atoms with E-state index in [2.05, 4.69) is 36.4 Å². The van der Waals surface area contributed by atoms with Gasteiger partial charge in [-0.2, -0.15) is 15.9 Å². The maximum absolute atomic E-state index is 4.82. The van der Waals surface area contributed by atoms with Crippen molar-refractivity contribution in [1.29, 1.82) is 0 Å². The van der Waals surface area contributed by atoms with E-state index in [9.17, 15) is 0 Å². The normalized spacial score (nSPS) is 15.5. The smallest absolute Gasteiger partial charge is 0.186 e. The molecule has 8 heteroatoms. The van der Waals surface area contributed by atoms with E-state index in [1.54, 1.807) is 11.3 Å². The van der Waals surface area contributed by atoms with E-state index < -0.39 is 0 Å². The molecule has 1 fully saturated rings.